The zero-order valence-electron chi connectivity index (χ0n) is 17.2. The van der Waals surface area contributed by atoms with E-state index >= 15 is 0 Å². The maximum Gasteiger partial charge on any atom is 0.422 e. The molecule has 0 saturated carbocycles. The van der Waals surface area contributed by atoms with E-state index in [0.29, 0.717) is 21.9 Å². The number of benzene rings is 1. The van der Waals surface area contributed by atoms with E-state index in [1.54, 1.807) is 13.0 Å². The first-order chi connectivity index (χ1) is 13.8. The van der Waals surface area contributed by atoms with Crippen molar-refractivity contribution >= 4 is 21.8 Å². The average molecular weight is 443 g/mol. The van der Waals surface area contributed by atoms with Crippen molar-refractivity contribution in [2.24, 2.45) is 5.73 Å². The molecule has 0 aliphatic heterocycles. The summed E-state index contributed by atoms with van der Waals surface area (Å²) in [7, 11) is -1.51. The van der Waals surface area contributed by atoms with Crippen LogP contribution in [-0.2, 0) is 16.6 Å². The summed E-state index contributed by atoms with van der Waals surface area (Å²) in [5.74, 6) is 0.0958. The van der Waals surface area contributed by atoms with Crippen molar-refractivity contribution in [1.29, 1.82) is 0 Å². The monoisotopic (exact) mass is 442 g/mol. The molecular formula is C20H25F3N4O2S. The second-order valence-corrected chi connectivity index (χ2v) is 9.07. The lowest BCUT2D eigenvalue weighted by Gasteiger charge is -2.13. The number of imidazole rings is 1. The van der Waals surface area contributed by atoms with Gasteiger partial charge < -0.3 is 15.5 Å². The van der Waals surface area contributed by atoms with Gasteiger partial charge >= 0.3 is 6.18 Å². The fourth-order valence-corrected chi connectivity index (χ4v) is 3.35. The molecule has 1 aromatic carbocycles. The maximum atomic E-state index is 12.5. The molecule has 3 N–H and O–H groups in total. The van der Waals surface area contributed by atoms with Gasteiger partial charge in [0.1, 0.15) is 5.75 Å². The van der Waals surface area contributed by atoms with Crippen molar-refractivity contribution in [2.75, 3.05) is 6.61 Å². The molecule has 0 spiro atoms. The van der Waals surface area contributed by atoms with Gasteiger partial charge in [0.05, 0.1) is 33.3 Å². The lowest BCUT2D eigenvalue weighted by atomic mass is 10.1. The Labute approximate surface area is 175 Å². The second kappa shape index (κ2) is 9.57. The van der Waals surface area contributed by atoms with E-state index in [0.717, 1.165) is 5.52 Å². The van der Waals surface area contributed by atoms with Gasteiger partial charge in [-0.1, -0.05) is 12.1 Å². The molecule has 0 unspecified atom stereocenters. The van der Waals surface area contributed by atoms with Gasteiger partial charge in [0.2, 0.25) is 0 Å². The first-order valence-electron chi connectivity index (χ1n) is 9.09. The Kier molecular flexibility index (Phi) is 7.59. The third kappa shape index (κ3) is 7.75. The van der Waals surface area contributed by atoms with Crippen LogP contribution in [0.5, 0.6) is 5.75 Å². The molecule has 0 aliphatic carbocycles. The third-order valence-electron chi connectivity index (χ3n) is 3.50. The summed E-state index contributed by atoms with van der Waals surface area (Å²) < 4.78 is 54.2. The zero-order valence-corrected chi connectivity index (χ0v) is 18.0. The lowest BCUT2D eigenvalue weighted by molar-refractivity contribution is -0.153. The van der Waals surface area contributed by atoms with Gasteiger partial charge in [-0.15, -0.1) is 0 Å². The Morgan fingerprint density at radius 2 is 1.80 bits per heavy atom. The topological polar surface area (TPSA) is 93.9 Å². The van der Waals surface area contributed by atoms with Crippen molar-refractivity contribution in [1.82, 2.24) is 15.0 Å². The standard InChI is InChI=1S/C16H14F3N3O2S.C4H11N/c1-10-13(20-7-6-14(10)24-9-16(17,18)19)8-25(23)15-21-11-4-2-3-5-12(11)22-15;1-4(2,3)5/h2-7H,8-9H2,1H3,(H,21,22);5H2,1-3H3/t25-;/m1./s1. The zero-order chi connectivity index (χ0) is 22.5. The number of nitrogens with zero attached hydrogens (tertiary/aromatic N) is 2. The molecule has 10 heteroatoms. The van der Waals surface area contributed by atoms with Crippen molar-refractivity contribution in [3.05, 3.63) is 47.8 Å². The van der Waals surface area contributed by atoms with Crippen molar-refractivity contribution < 1.29 is 22.1 Å². The van der Waals surface area contributed by atoms with Crippen LogP contribution in [0.2, 0.25) is 0 Å². The molecule has 0 bridgehead atoms. The molecule has 2 aromatic heterocycles. The summed E-state index contributed by atoms with van der Waals surface area (Å²) in [4.78, 5) is 11.3. The number of hydrogen-bond donors (Lipinski definition) is 2. The Balaban J connectivity index is 0.000000575. The molecule has 30 heavy (non-hydrogen) atoms. The van der Waals surface area contributed by atoms with Crippen LogP contribution in [-0.4, -0.2) is 37.5 Å². The number of para-hydroxylation sites is 2. The molecule has 164 valence electrons. The maximum absolute atomic E-state index is 12.5. The summed E-state index contributed by atoms with van der Waals surface area (Å²) in [6.45, 7) is 6.10. The molecule has 2 heterocycles. The first-order valence-corrected chi connectivity index (χ1v) is 10.4. The minimum absolute atomic E-state index is 0. The smallest absolute Gasteiger partial charge is 0.422 e. The molecule has 0 saturated heterocycles. The largest absolute Gasteiger partial charge is 0.484 e. The summed E-state index contributed by atoms with van der Waals surface area (Å²) in [6, 6.07) is 8.62. The van der Waals surface area contributed by atoms with Gasteiger partial charge in [-0.3, -0.25) is 9.19 Å². The van der Waals surface area contributed by atoms with E-state index in [4.69, 9.17) is 10.5 Å². The minimum atomic E-state index is -4.42. The number of ether oxygens (including phenoxy) is 1. The number of aromatic amines is 1. The highest BCUT2D eigenvalue weighted by Gasteiger charge is 2.29. The number of aromatic nitrogens is 3. The fraction of sp³-hybridized carbons (Fsp3) is 0.400. The molecule has 0 amide bonds. The first kappa shape index (κ1) is 23.8. The summed E-state index contributed by atoms with van der Waals surface area (Å²) in [5.41, 5.74) is 7.64. The SMILES string of the molecule is CC(C)(C)N.Cc1c(OCC(F)(F)F)ccnc1C[S@@](=O)c1nc2ccccc2[nH]1. The highest BCUT2D eigenvalue weighted by molar-refractivity contribution is 7.84. The average Bonchev–Trinajstić information content (AvgIpc) is 3.04. The predicted octanol–water partition coefficient (Wildman–Crippen LogP) is 4.26. The molecule has 0 radical (unpaired) electrons. The van der Waals surface area contributed by atoms with Crippen LogP contribution in [0.1, 0.15) is 32.0 Å². The van der Waals surface area contributed by atoms with Crippen LogP contribution in [0.25, 0.3) is 11.0 Å². The number of nitrogens with two attached hydrogens (primary N) is 1. The van der Waals surface area contributed by atoms with E-state index in [-0.39, 0.29) is 17.0 Å². The van der Waals surface area contributed by atoms with E-state index in [1.165, 1.54) is 12.3 Å². The number of pyridine rings is 1. The molecule has 3 rings (SSSR count). The Morgan fingerprint density at radius 3 is 2.40 bits per heavy atom. The van der Waals surface area contributed by atoms with E-state index in [9.17, 15) is 17.4 Å². The molecule has 0 aliphatic rings. The Hall–Kier alpha value is -2.46. The number of nitrogens with one attached hydrogen (secondary N) is 1. The van der Waals surface area contributed by atoms with Crippen molar-refractivity contribution in [2.45, 2.75) is 50.3 Å². The van der Waals surface area contributed by atoms with Gasteiger partial charge in [-0.05, 0) is 45.9 Å². The number of H-pyrrole nitrogens is 1. The van der Waals surface area contributed by atoms with Gasteiger partial charge in [-0.2, -0.15) is 13.2 Å². The van der Waals surface area contributed by atoms with Crippen LogP contribution < -0.4 is 10.5 Å². The molecule has 3 aromatic rings. The number of rotatable bonds is 5. The van der Waals surface area contributed by atoms with Crippen LogP contribution >= 0.6 is 0 Å². The predicted molar refractivity (Wildman–Crippen MR) is 111 cm³/mol. The van der Waals surface area contributed by atoms with Crippen LogP contribution in [0, 0.1) is 6.92 Å². The fourth-order valence-electron chi connectivity index (χ4n) is 2.25. The van der Waals surface area contributed by atoms with Gasteiger partial charge in [0, 0.05) is 17.3 Å². The molecule has 6 nitrogen and oxygen atoms in total. The van der Waals surface area contributed by atoms with E-state index < -0.39 is 23.6 Å². The van der Waals surface area contributed by atoms with Gasteiger partial charge in [0.15, 0.2) is 11.8 Å². The van der Waals surface area contributed by atoms with Gasteiger partial charge in [-0.25, -0.2) is 4.98 Å². The Bertz CT molecular complexity index is 974. The molecule has 1 atom stereocenters. The number of hydrogen-bond acceptors (Lipinski definition) is 5. The van der Waals surface area contributed by atoms with Crippen LogP contribution in [0.15, 0.2) is 41.7 Å². The quantitative estimate of drug-likeness (QED) is 0.616. The van der Waals surface area contributed by atoms with Gasteiger partial charge in [0.25, 0.3) is 0 Å². The molecule has 0 fully saturated rings. The number of halogens is 3. The van der Waals surface area contributed by atoms with E-state index in [1.807, 2.05) is 39.0 Å². The summed E-state index contributed by atoms with van der Waals surface area (Å²) in [6.07, 6.45) is -3.09. The minimum Gasteiger partial charge on any atom is -0.484 e. The highest BCUT2D eigenvalue weighted by atomic mass is 32.2. The number of fused-ring (bicyclic) bond motifs is 1. The summed E-state index contributed by atoms with van der Waals surface area (Å²) >= 11 is 0. The summed E-state index contributed by atoms with van der Waals surface area (Å²) in [5, 5.41) is 0.295. The van der Waals surface area contributed by atoms with Crippen molar-refractivity contribution in [3.8, 4) is 5.75 Å². The van der Waals surface area contributed by atoms with E-state index in [2.05, 4.69) is 15.0 Å². The Morgan fingerprint density at radius 1 is 1.17 bits per heavy atom. The highest BCUT2D eigenvalue weighted by Crippen LogP contribution is 2.24. The second-order valence-electron chi connectivity index (χ2n) is 7.70. The van der Waals surface area contributed by atoms with Crippen LogP contribution in [0.3, 0.4) is 0 Å². The normalized spacial score (nSPS) is 12.9. The van der Waals surface area contributed by atoms with Crippen molar-refractivity contribution in [3.63, 3.8) is 0 Å². The van der Waals surface area contributed by atoms with Crippen LogP contribution in [0.4, 0.5) is 13.2 Å². The lowest BCUT2D eigenvalue weighted by Crippen LogP contribution is -2.26. The molecular weight excluding hydrogens is 417 g/mol. The third-order valence-corrected chi connectivity index (χ3v) is 4.66. The number of alkyl halides is 3.